The van der Waals surface area contributed by atoms with Gasteiger partial charge in [-0.15, -0.1) is 0 Å². The van der Waals surface area contributed by atoms with Gasteiger partial charge in [-0.25, -0.2) is 4.79 Å². The summed E-state index contributed by atoms with van der Waals surface area (Å²) in [6.07, 6.45) is 0. The van der Waals surface area contributed by atoms with Gasteiger partial charge in [-0.05, 0) is 0 Å². The maximum Gasteiger partial charge on any atom is 0.310 e. The molecule has 0 aromatic carbocycles. The fraction of sp³-hybridized carbons (Fsp3) is 0. The Bertz CT molecular complexity index is 44.9. The lowest BCUT2D eigenvalue weighted by molar-refractivity contribution is 0.222. The molecule has 0 aromatic heterocycles. The van der Waals surface area contributed by atoms with Crippen molar-refractivity contribution < 1.29 is 9.90 Å². The number of rotatable bonds is 1. The zero-order valence-electron chi connectivity index (χ0n) is 2.43. The first-order chi connectivity index (χ1) is 2.27. The standard InChI is InChI=1S/CH2BO2P/c2-5-1(3)4/h5H,(H,3,4). The van der Waals surface area contributed by atoms with Crippen LogP contribution in [0.3, 0.4) is 0 Å². The van der Waals surface area contributed by atoms with Crippen LogP contribution in [0.15, 0.2) is 0 Å². The molecule has 26 valence electrons. The molecule has 2 radical (unpaired) electrons. The fourth-order valence-corrected chi connectivity index (χ4v) is 0. The number of hydrogen-bond donors (Lipinski definition) is 1. The molecule has 0 fully saturated rings. The van der Waals surface area contributed by atoms with Crippen molar-refractivity contribution in [2.75, 3.05) is 0 Å². The molecule has 0 heterocycles. The van der Waals surface area contributed by atoms with Gasteiger partial charge in [0.05, 0.1) is 0 Å². The second kappa shape index (κ2) is 2.22. The van der Waals surface area contributed by atoms with Crippen LogP contribution in [-0.4, -0.2) is 18.4 Å². The summed E-state index contributed by atoms with van der Waals surface area (Å²) in [7, 11) is 4.13. The van der Waals surface area contributed by atoms with E-state index >= 15 is 0 Å². The molecule has 1 unspecified atom stereocenters. The zero-order chi connectivity index (χ0) is 4.28. The van der Waals surface area contributed by atoms with Crippen LogP contribution in [0.4, 0.5) is 4.79 Å². The Hall–Kier alpha value is -0.0351. The van der Waals surface area contributed by atoms with Gasteiger partial charge in [-0.3, -0.25) is 0 Å². The highest BCUT2D eigenvalue weighted by Crippen LogP contribution is 1.97. The van der Waals surface area contributed by atoms with Gasteiger partial charge in [-0.1, -0.05) is 8.46 Å². The summed E-state index contributed by atoms with van der Waals surface area (Å²) in [5, 5.41) is 7.61. The van der Waals surface area contributed by atoms with E-state index in [9.17, 15) is 4.79 Å². The smallest absolute Gasteiger partial charge is 0.310 e. The average Bonchev–Trinajstić information content (AvgIpc) is 1.38. The van der Waals surface area contributed by atoms with Gasteiger partial charge < -0.3 is 5.11 Å². The van der Waals surface area contributed by atoms with Crippen molar-refractivity contribution in [2.45, 2.75) is 0 Å². The Morgan fingerprint density at radius 3 is 2.20 bits per heavy atom. The Labute approximate surface area is 32.7 Å². The van der Waals surface area contributed by atoms with Crippen molar-refractivity contribution in [2.24, 2.45) is 0 Å². The van der Waals surface area contributed by atoms with Crippen LogP contribution >= 0.6 is 8.46 Å². The number of carboxylic acid groups (broad SMARTS) is 1. The van der Waals surface area contributed by atoms with Crippen LogP contribution < -0.4 is 0 Å². The van der Waals surface area contributed by atoms with Crippen LogP contribution in [0.2, 0.25) is 0 Å². The van der Waals surface area contributed by atoms with Crippen molar-refractivity contribution in [3.05, 3.63) is 0 Å². The van der Waals surface area contributed by atoms with E-state index in [0.717, 1.165) is 0 Å². The molecule has 5 heavy (non-hydrogen) atoms. The van der Waals surface area contributed by atoms with Crippen LogP contribution in [0.25, 0.3) is 0 Å². The molecule has 0 rings (SSSR count). The topological polar surface area (TPSA) is 37.3 Å². The minimum absolute atomic E-state index is 0.469. The largest absolute Gasteiger partial charge is 0.479 e. The normalized spacial score (nSPS) is 9.60. The molecule has 1 atom stereocenters. The summed E-state index contributed by atoms with van der Waals surface area (Å²) in [5.41, 5.74) is -0.940. The lowest BCUT2D eigenvalue weighted by Crippen LogP contribution is -1.73. The van der Waals surface area contributed by atoms with Gasteiger partial charge in [0.25, 0.3) is 0 Å². The summed E-state index contributed by atoms with van der Waals surface area (Å²) in [6.45, 7) is 0. The molecule has 0 amide bonds. The van der Waals surface area contributed by atoms with Gasteiger partial charge in [0.2, 0.25) is 0 Å². The Morgan fingerprint density at radius 2 is 2.20 bits per heavy atom. The maximum absolute atomic E-state index is 9.26. The van der Waals surface area contributed by atoms with Crippen molar-refractivity contribution in [3.8, 4) is 0 Å². The lowest BCUT2D eigenvalue weighted by atomic mass is 10.8. The third kappa shape index (κ3) is 3.96. The third-order valence-corrected chi connectivity index (χ3v) is 0.370. The first-order valence-corrected chi connectivity index (χ1v) is 2.04. The van der Waals surface area contributed by atoms with Gasteiger partial charge in [0.15, 0.2) is 0 Å². The van der Waals surface area contributed by atoms with E-state index in [2.05, 4.69) is 7.57 Å². The highest BCUT2D eigenvalue weighted by Gasteiger charge is 1.79. The molecule has 4 heteroatoms. The number of hydrogen-bond acceptors (Lipinski definition) is 1. The molecule has 0 aliphatic carbocycles. The molecule has 0 saturated heterocycles. The third-order valence-electron chi connectivity index (χ3n) is 0.123. The summed E-state index contributed by atoms with van der Waals surface area (Å²) >= 11 is 0. The van der Waals surface area contributed by atoms with E-state index in [-0.39, 0.29) is 0 Å². The van der Waals surface area contributed by atoms with Gasteiger partial charge in [0.1, 0.15) is 7.57 Å². The van der Waals surface area contributed by atoms with E-state index in [4.69, 9.17) is 5.11 Å². The monoisotopic (exact) mass is 88.0 g/mol. The maximum atomic E-state index is 9.26. The van der Waals surface area contributed by atoms with E-state index < -0.39 is 14.2 Å². The van der Waals surface area contributed by atoms with Gasteiger partial charge in [0, 0.05) is 0 Å². The summed E-state index contributed by atoms with van der Waals surface area (Å²) in [6, 6.07) is 0. The molecule has 0 aromatic rings. The van der Waals surface area contributed by atoms with Crippen LogP contribution in [0.1, 0.15) is 0 Å². The molecule has 0 aliphatic rings. The second-order valence-electron chi connectivity index (χ2n) is 0.449. The molecule has 0 spiro atoms. The SMILES string of the molecule is [B]PC(=O)O. The van der Waals surface area contributed by atoms with Crippen LogP contribution in [0.5, 0.6) is 0 Å². The molecular formula is CH2BO2P. The summed E-state index contributed by atoms with van der Waals surface area (Å²) < 4.78 is 0. The van der Waals surface area contributed by atoms with Crippen molar-refractivity contribution in [1.82, 2.24) is 0 Å². The molecule has 1 N–H and O–H groups in total. The van der Waals surface area contributed by atoms with Crippen molar-refractivity contribution in [1.29, 1.82) is 0 Å². The molecule has 0 aliphatic heterocycles. The summed E-state index contributed by atoms with van der Waals surface area (Å²) in [4.78, 5) is 9.26. The first-order valence-electron chi connectivity index (χ1n) is 0.966. The van der Waals surface area contributed by atoms with E-state index in [0.29, 0.717) is 0 Å². The zero-order valence-corrected chi connectivity index (χ0v) is 3.43. The minimum Gasteiger partial charge on any atom is -0.479 e. The quantitative estimate of drug-likeness (QED) is 0.372. The number of carbonyl (C=O) groups is 1. The van der Waals surface area contributed by atoms with Crippen molar-refractivity contribution in [3.63, 3.8) is 0 Å². The highest BCUT2D eigenvalue weighted by atomic mass is 31.1. The van der Waals surface area contributed by atoms with E-state index in [1.807, 2.05) is 0 Å². The van der Waals surface area contributed by atoms with Crippen LogP contribution in [0, 0.1) is 0 Å². The van der Waals surface area contributed by atoms with Crippen LogP contribution in [-0.2, 0) is 0 Å². The minimum atomic E-state index is -0.940. The Kier molecular flexibility index (Phi) is 2.20. The van der Waals surface area contributed by atoms with Crippen molar-refractivity contribution >= 4 is 21.7 Å². The molecule has 0 bridgehead atoms. The summed E-state index contributed by atoms with van der Waals surface area (Å²) in [5.74, 6) is 0. The molecule has 2 nitrogen and oxygen atoms in total. The highest BCUT2D eigenvalue weighted by molar-refractivity contribution is 7.80. The fourth-order valence-electron chi connectivity index (χ4n) is 0. The Balaban J connectivity index is 2.85. The Morgan fingerprint density at radius 1 is 2.00 bits per heavy atom. The molecule has 0 saturated carbocycles. The lowest BCUT2D eigenvalue weighted by Gasteiger charge is -1.72. The predicted molar refractivity (Wildman–Crippen MR) is 22.1 cm³/mol. The van der Waals surface area contributed by atoms with Gasteiger partial charge in [-0.2, -0.15) is 0 Å². The second-order valence-corrected chi connectivity index (χ2v) is 1.17. The molecular weight excluding hydrogens is 85.8 g/mol. The van der Waals surface area contributed by atoms with E-state index in [1.165, 1.54) is 0 Å². The first kappa shape index (κ1) is 4.96. The predicted octanol–water partition coefficient (Wildman–Crippen LogP) is 0.426. The van der Waals surface area contributed by atoms with E-state index in [1.54, 1.807) is 0 Å². The van der Waals surface area contributed by atoms with Gasteiger partial charge >= 0.3 is 5.71 Å². The average molecular weight is 87.8 g/mol.